The number of benzene rings is 2. The Morgan fingerprint density at radius 2 is 1.84 bits per heavy atom. The highest BCUT2D eigenvalue weighted by Crippen LogP contribution is 2.35. The molecule has 37 heavy (non-hydrogen) atoms. The zero-order valence-electron chi connectivity index (χ0n) is 20.6. The fraction of sp³-hybridized carbons (Fsp3) is 0.407. The number of aromatic nitrogens is 1. The molecule has 6 rings (SSSR count). The average molecular weight is 522 g/mol. The number of likely N-dealkylation sites (tertiary alicyclic amines) is 1. The van der Waals surface area contributed by atoms with Crippen molar-refractivity contribution in [2.45, 2.75) is 37.8 Å². The van der Waals surface area contributed by atoms with Crippen molar-refractivity contribution in [3.8, 4) is 11.5 Å². The smallest absolute Gasteiger partial charge is 0.231 e. The van der Waals surface area contributed by atoms with Gasteiger partial charge in [0.05, 0.1) is 6.10 Å². The van der Waals surface area contributed by atoms with Crippen LogP contribution in [0.2, 0.25) is 0 Å². The summed E-state index contributed by atoms with van der Waals surface area (Å²) in [6.45, 7) is 4.10. The Labute approximate surface area is 219 Å². The molecule has 2 aromatic carbocycles. The summed E-state index contributed by atoms with van der Waals surface area (Å²) in [6, 6.07) is 14.0. The first-order valence-electron chi connectivity index (χ1n) is 12.8. The number of thiazole rings is 1. The first kappa shape index (κ1) is 24.0. The Morgan fingerprint density at radius 3 is 2.62 bits per heavy atom. The standard InChI is InChI=1S/C27H31N5O4S/c28-26-25(24(34)17-3-8-22-23(14-17)36-16-35-22)37-27(30-26)29-18-4-6-19(7-5-18)31-12-9-20(10-13-31)32-11-1-2-21(33)15-32/h3-8,14,20-21,33H,1-2,9-13,15-16,28H2,(H,29,30). The first-order chi connectivity index (χ1) is 18.0. The quantitative estimate of drug-likeness (QED) is 0.416. The normalized spacial score (nSPS) is 20.2. The highest BCUT2D eigenvalue weighted by Gasteiger charge is 2.28. The third-order valence-electron chi connectivity index (χ3n) is 7.39. The highest BCUT2D eigenvalue weighted by atomic mass is 32.1. The fourth-order valence-corrected chi connectivity index (χ4v) is 6.27. The molecule has 0 saturated carbocycles. The van der Waals surface area contributed by atoms with Crippen molar-refractivity contribution >= 4 is 39.4 Å². The third-order valence-corrected chi connectivity index (χ3v) is 8.37. The number of aliphatic hydroxyl groups excluding tert-OH is 1. The maximum atomic E-state index is 13.0. The number of hydrogen-bond acceptors (Lipinski definition) is 10. The summed E-state index contributed by atoms with van der Waals surface area (Å²) in [5.74, 6) is 1.20. The summed E-state index contributed by atoms with van der Waals surface area (Å²) in [7, 11) is 0. The number of fused-ring (bicyclic) bond motifs is 1. The van der Waals surface area contributed by atoms with Crippen LogP contribution in [-0.4, -0.2) is 65.9 Å². The monoisotopic (exact) mass is 521 g/mol. The minimum Gasteiger partial charge on any atom is -0.454 e. The molecule has 3 aliphatic rings. The van der Waals surface area contributed by atoms with Crippen LogP contribution in [0.3, 0.4) is 0 Å². The largest absolute Gasteiger partial charge is 0.454 e. The average Bonchev–Trinajstić information content (AvgIpc) is 3.54. The van der Waals surface area contributed by atoms with E-state index >= 15 is 0 Å². The zero-order valence-corrected chi connectivity index (χ0v) is 21.4. The molecule has 2 fully saturated rings. The number of β-amino-alcohol motifs (C(OH)–C–C–N with tert-alkyl or cyclic N) is 1. The van der Waals surface area contributed by atoms with Gasteiger partial charge >= 0.3 is 0 Å². The molecular weight excluding hydrogens is 490 g/mol. The maximum absolute atomic E-state index is 13.0. The predicted octanol–water partition coefficient (Wildman–Crippen LogP) is 3.85. The van der Waals surface area contributed by atoms with Gasteiger partial charge in [0.15, 0.2) is 16.6 Å². The van der Waals surface area contributed by atoms with Crippen LogP contribution in [0.4, 0.5) is 22.3 Å². The van der Waals surface area contributed by atoms with Crippen molar-refractivity contribution in [3.63, 3.8) is 0 Å². The van der Waals surface area contributed by atoms with Crippen LogP contribution in [0.1, 0.15) is 40.9 Å². The number of piperidine rings is 2. The summed E-state index contributed by atoms with van der Waals surface area (Å²) in [5.41, 5.74) is 8.66. The number of nitrogens with one attached hydrogen (secondary N) is 1. The molecule has 0 radical (unpaired) electrons. The van der Waals surface area contributed by atoms with E-state index in [0.29, 0.717) is 33.1 Å². The van der Waals surface area contributed by atoms with E-state index in [4.69, 9.17) is 15.2 Å². The van der Waals surface area contributed by atoms with Crippen LogP contribution in [-0.2, 0) is 0 Å². The zero-order chi connectivity index (χ0) is 25.4. The van der Waals surface area contributed by atoms with E-state index in [-0.39, 0.29) is 24.5 Å². The Hall–Kier alpha value is -3.34. The maximum Gasteiger partial charge on any atom is 0.231 e. The molecule has 9 nitrogen and oxygen atoms in total. The third kappa shape index (κ3) is 5.09. The van der Waals surface area contributed by atoms with Gasteiger partial charge in [-0.2, -0.15) is 0 Å². The van der Waals surface area contributed by atoms with Gasteiger partial charge in [0, 0.05) is 42.6 Å². The minimum absolute atomic E-state index is 0.157. The Kier molecular flexibility index (Phi) is 6.62. The molecule has 0 amide bonds. The molecule has 1 aromatic heterocycles. The second-order valence-corrected chi connectivity index (χ2v) is 10.8. The molecule has 3 aromatic rings. The molecule has 4 heterocycles. The van der Waals surface area contributed by atoms with Gasteiger partial charge < -0.3 is 30.5 Å². The van der Waals surface area contributed by atoms with Crippen LogP contribution in [0.5, 0.6) is 11.5 Å². The number of hydrogen-bond donors (Lipinski definition) is 3. The number of rotatable bonds is 6. The molecule has 194 valence electrons. The molecule has 10 heteroatoms. The van der Waals surface area contributed by atoms with E-state index < -0.39 is 0 Å². The van der Waals surface area contributed by atoms with E-state index in [9.17, 15) is 9.90 Å². The summed E-state index contributed by atoms with van der Waals surface area (Å²) >= 11 is 1.23. The summed E-state index contributed by atoms with van der Waals surface area (Å²) in [4.78, 5) is 22.7. The summed E-state index contributed by atoms with van der Waals surface area (Å²) < 4.78 is 10.7. The van der Waals surface area contributed by atoms with Crippen molar-refractivity contribution in [1.82, 2.24) is 9.88 Å². The number of nitrogen functional groups attached to an aromatic ring is 1. The minimum atomic E-state index is -0.195. The number of ether oxygens (including phenoxy) is 2. The molecule has 0 aliphatic carbocycles. The SMILES string of the molecule is Nc1nc(Nc2ccc(N3CCC(N4CCCC(O)C4)CC3)cc2)sc1C(=O)c1ccc2c(c1)OCO2. The lowest BCUT2D eigenvalue weighted by Crippen LogP contribution is -2.49. The number of nitrogens with zero attached hydrogens (tertiary/aromatic N) is 3. The van der Waals surface area contributed by atoms with Gasteiger partial charge in [-0.3, -0.25) is 9.69 Å². The van der Waals surface area contributed by atoms with Gasteiger partial charge in [0.1, 0.15) is 10.7 Å². The lowest BCUT2D eigenvalue weighted by molar-refractivity contribution is 0.0398. The van der Waals surface area contributed by atoms with Gasteiger partial charge in [-0.15, -0.1) is 0 Å². The number of anilines is 4. The number of ketones is 1. The molecule has 3 aliphatic heterocycles. The van der Waals surface area contributed by atoms with Gasteiger partial charge in [-0.05, 0) is 74.7 Å². The Balaban J connectivity index is 1.07. The van der Waals surface area contributed by atoms with Crippen molar-refractivity contribution in [3.05, 3.63) is 52.9 Å². The van der Waals surface area contributed by atoms with Gasteiger partial charge in [-0.1, -0.05) is 11.3 Å². The van der Waals surface area contributed by atoms with Gasteiger partial charge in [0.25, 0.3) is 0 Å². The molecule has 2 saturated heterocycles. The Morgan fingerprint density at radius 1 is 1.05 bits per heavy atom. The topological polar surface area (TPSA) is 113 Å². The van der Waals surface area contributed by atoms with E-state index in [0.717, 1.165) is 57.5 Å². The van der Waals surface area contributed by atoms with Crippen molar-refractivity contribution in [2.75, 3.05) is 48.9 Å². The summed E-state index contributed by atoms with van der Waals surface area (Å²) in [5, 5.41) is 13.9. The molecule has 4 N–H and O–H groups in total. The highest BCUT2D eigenvalue weighted by molar-refractivity contribution is 7.18. The predicted molar refractivity (Wildman–Crippen MR) is 144 cm³/mol. The molecule has 1 unspecified atom stereocenters. The van der Waals surface area contributed by atoms with E-state index in [1.165, 1.54) is 17.0 Å². The Bertz CT molecular complexity index is 1270. The van der Waals surface area contributed by atoms with Gasteiger partial charge in [0.2, 0.25) is 12.6 Å². The van der Waals surface area contributed by atoms with E-state index in [2.05, 4.69) is 32.2 Å². The van der Waals surface area contributed by atoms with Crippen molar-refractivity contribution in [2.24, 2.45) is 0 Å². The number of carbonyl (C=O) groups excluding carboxylic acids is 1. The van der Waals surface area contributed by atoms with Crippen LogP contribution in [0.15, 0.2) is 42.5 Å². The van der Waals surface area contributed by atoms with Crippen LogP contribution in [0.25, 0.3) is 0 Å². The van der Waals surface area contributed by atoms with E-state index in [1.807, 2.05) is 12.1 Å². The fourth-order valence-electron chi connectivity index (χ4n) is 5.40. The first-order valence-corrected chi connectivity index (χ1v) is 13.6. The van der Waals surface area contributed by atoms with Gasteiger partial charge in [-0.25, -0.2) is 4.98 Å². The molecular formula is C27H31N5O4S. The second kappa shape index (κ2) is 10.2. The molecule has 1 atom stereocenters. The van der Waals surface area contributed by atoms with Crippen molar-refractivity contribution in [1.29, 1.82) is 0 Å². The molecule has 0 bridgehead atoms. The summed E-state index contributed by atoms with van der Waals surface area (Å²) in [6.07, 6.45) is 4.09. The lowest BCUT2D eigenvalue weighted by Gasteiger charge is -2.42. The lowest BCUT2D eigenvalue weighted by atomic mass is 9.98. The second-order valence-electron chi connectivity index (χ2n) is 9.81. The van der Waals surface area contributed by atoms with Crippen molar-refractivity contribution < 1.29 is 19.4 Å². The number of carbonyl (C=O) groups is 1. The van der Waals surface area contributed by atoms with Crippen LogP contribution < -0.4 is 25.4 Å². The van der Waals surface area contributed by atoms with Crippen LogP contribution >= 0.6 is 11.3 Å². The number of aliphatic hydroxyl groups is 1. The molecule has 0 spiro atoms. The number of nitrogens with two attached hydrogens (primary N) is 1. The van der Waals surface area contributed by atoms with Crippen LogP contribution in [0, 0.1) is 0 Å². The van der Waals surface area contributed by atoms with E-state index in [1.54, 1.807) is 18.2 Å².